The number of carboxylic acid groups (broad SMARTS) is 1. The SMILES string of the molecule is Cc1cc(C(=O)O)c(NC(=O)C(F)F)s1. The van der Waals surface area contributed by atoms with Gasteiger partial charge < -0.3 is 10.4 Å². The first-order valence-corrected chi connectivity index (χ1v) is 4.66. The number of rotatable bonds is 3. The zero-order valence-electron chi connectivity index (χ0n) is 7.58. The van der Waals surface area contributed by atoms with Crippen LogP contribution in [-0.4, -0.2) is 23.4 Å². The second-order valence-corrected chi connectivity index (χ2v) is 3.95. The molecular formula is C8H7F2NO3S. The van der Waals surface area contributed by atoms with E-state index in [-0.39, 0.29) is 10.6 Å². The second-order valence-electron chi connectivity index (χ2n) is 2.69. The van der Waals surface area contributed by atoms with Crippen LogP contribution in [0.25, 0.3) is 0 Å². The van der Waals surface area contributed by atoms with Gasteiger partial charge in [0.05, 0.1) is 5.56 Å². The van der Waals surface area contributed by atoms with Crippen molar-refractivity contribution in [1.29, 1.82) is 0 Å². The molecule has 0 unspecified atom stereocenters. The smallest absolute Gasteiger partial charge is 0.338 e. The van der Waals surface area contributed by atoms with Gasteiger partial charge in [0.1, 0.15) is 5.00 Å². The van der Waals surface area contributed by atoms with Gasteiger partial charge in [-0.1, -0.05) is 0 Å². The Morgan fingerprint density at radius 3 is 2.60 bits per heavy atom. The van der Waals surface area contributed by atoms with Crippen molar-refractivity contribution in [3.63, 3.8) is 0 Å². The molecular weight excluding hydrogens is 228 g/mol. The number of amides is 1. The van der Waals surface area contributed by atoms with Crippen LogP contribution < -0.4 is 5.32 Å². The number of carbonyl (C=O) groups is 2. The quantitative estimate of drug-likeness (QED) is 0.841. The maximum absolute atomic E-state index is 11.9. The predicted molar refractivity (Wildman–Crippen MR) is 50.6 cm³/mol. The number of anilines is 1. The Morgan fingerprint density at radius 1 is 1.53 bits per heavy atom. The van der Waals surface area contributed by atoms with Gasteiger partial charge in [-0.25, -0.2) is 4.79 Å². The highest BCUT2D eigenvalue weighted by molar-refractivity contribution is 7.16. The molecule has 1 rings (SSSR count). The van der Waals surface area contributed by atoms with Gasteiger partial charge in [-0.2, -0.15) is 8.78 Å². The fourth-order valence-corrected chi connectivity index (χ4v) is 1.84. The van der Waals surface area contributed by atoms with Crippen LogP contribution in [0.3, 0.4) is 0 Å². The number of aromatic carboxylic acids is 1. The zero-order chi connectivity index (χ0) is 11.6. The van der Waals surface area contributed by atoms with Gasteiger partial charge in [-0.15, -0.1) is 11.3 Å². The van der Waals surface area contributed by atoms with E-state index in [1.807, 2.05) is 5.32 Å². The number of aryl methyl sites for hydroxylation is 1. The van der Waals surface area contributed by atoms with Gasteiger partial charge in [-0.05, 0) is 13.0 Å². The summed E-state index contributed by atoms with van der Waals surface area (Å²) >= 11 is 0.942. The van der Waals surface area contributed by atoms with Crippen molar-refractivity contribution < 1.29 is 23.5 Å². The molecule has 4 nitrogen and oxygen atoms in total. The molecule has 1 amide bonds. The predicted octanol–water partition coefficient (Wildman–Crippen LogP) is 1.96. The molecule has 1 aromatic rings. The number of thiophene rings is 1. The fourth-order valence-electron chi connectivity index (χ4n) is 0.932. The van der Waals surface area contributed by atoms with Gasteiger partial charge >= 0.3 is 12.4 Å². The summed E-state index contributed by atoms with van der Waals surface area (Å²) in [5.41, 5.74) is -0.175. The van der Waals surface area contributed by atoms with Crippen LogP contribution in [-0.2, 0) is 4.79 Å². The van der Waals surface area contributed by atoms with Crippen molar-refractivity contribution in [1.82, 2.24) is 0 Å². The summed E-state index contributed by atoms with van der Waals surface area (Å²) in [5.74, 6) is -2.76. The van der Waals surface area contributed by atoms with Gasteiger partial charge in [-0.3, -0.25) is 4.79 Å². The lowest BCUT2D eigenvalue weighted by Gasteiger charge is -2.02. The zero-order valence-corrected chi connectivity index (χ0v) is 8.40. The molecule has 0 fully saturated rings. The van der Waals surface area contributed by atoms with Crippen molar-refractivity contribution in [3.8, 4) is 0 Å². The highest BCUT2D eigenvalue weighted by atomic mass is 32.1. The van der Waals surface area contributed by atoms with Crippen molar-refractivity contribution >= 4 is 28.2 Å². The average Bonchev–Trinajstić information content (AvgIpc) is 2.46. The van der Waals surface area contributed by atoms with Gasteiger partial charge in [0, 0.05) is 4.88 Å². The standard InChI is InChI=1S/C8H7F2NO3S/c1-3-2-4(8(13)14)7(15-3)11-6(12)5(9)10/h2,5H,1H3,(H,11,12)(H,13,14). The molecule has 1 heterocycles. The van der Waals surface area contributed by atoms with Gasteiger partial charge in [0.25, 0.3) is 5.91 Å². The molecule has 0 radical (unpaired) electrons. The Hall–Kier alpha value is -1.50. The number of nitrogens with one attached hydrogen (secondary N) is 1. The molecule has 0 aliphatic carbocycles. The summed E-state index contributed by atoms with van der Waals surface area (Å²) in [5, 5.41) is 10.5. The van der Waals surface area contributed by atoms with Crippen LogP contribution in [0, 0.1) is 6.92 Å². The molecule has 0 atom stereocenters. The molecule has 0 spiro atoms. The van der Waals surface area contributed by atoms with Crippen molar-refractivity contribution in [2.45, 2.75) is 13.3 Å². The number of carbonyl (C=O) groups excluding carboxylic acids is 1. The monoisotopic (exact) mass is 235 g/mol. The Morgan fingerprint density at radius 2 is 2.13 bits per heavy atom. The Balaban J connectivity index is 2.94. The number of hydrogen-bond donors (Lipinski definition) is 2. The lowest BCUT2D eigenvalue weighted by molar-refractivity contribution is -0.126. The van der Waals surface area contributed by atoms with E-state index in [0.717, 1.165) is 11.3 Å². The molecule has 7 heteroatoms. The summed E-state index contributed by atoms with van der Waals surface area (Å²) in [6.45, 7) is 1.62. The first kappa shape index (κ1) is 11.6. The van der Waals surface area contributed by atoms with Crippen LogP contribution in [0.4, 0.5) is 13.8 Å². The normalized spacial score (nSPS) is 10.4. The third-order valence-corrected chi connectivity index (χ3v) is 2.49. The molecule has 1 aromatic heterocycles. The largest absolute Gasteiger partial charge is 0.478 e. The molecule has 82 valence electrons. The maximum Gasteiger partial charge on any atom is 0.338 e. The maximum atomic E-state index is 11.9. The molecule has 0 aliphatic heterocycles. The Kier molecular flexibility index (Phi) is 3.35. The van der Waals surface area contributed by atoms with E-state index in [4.69, 9.17) is 5.11 Å². The summed E-state index contributed by atoms with van der Waals surface area (Å²) in [4.78, 5) is 21.9. The minimum atomic E-state index is -3.16. The summed E-state index contributed by atoms with van der Waals surface area (Å²) in [6.07, 6.45) is -3.16. The number of halogens is 2. The molecule has 15 heavy (non-hydrogen) atoms. The molecule has 0 bridgehead atoms. The highest BCUT2D eigenvalue weighted by Gasteiger charge is 2.20. The Bertz CT molecular complexity index is 403. The van der Waals surface area contributed by atoms with E-state index in [1.165, 1.54) is 6.07 Å². The topological polar surface area (TPSA) is 66.4 Å². The molecule has 2 N–H and O–H groups in total. The van der Waals surface area contributed by atoms with E-state index in [9.17, 15) is 18.4 Å². The molecule has 0 aromatic carbocycles. The van der Waals surface area contributed by atoms with Crippen LogP contribution in [0.15, 0.2) is 6.07 Å². The van der Waals surface area contributed by atoms with Gasteiger partial charge in [0.15, 0.2) is 0 Å². The summed E-state index contributed by atoms with van der Waals surface area (Å²) in [6, 6.07) is 1.31. The molecule has 0 saturated heterocycles. The minimum Gasteiger partial charge on any atom is -0.478 e. The van der Waals surface area contributed by atoms with Gasteiger partial charge in [0.2, 0.25) is 0 Å². The fraction of sp³-hybridized carbons (Fsp3) is 0.250. The van der Waals surface area contributed by atoms with Crippen LogP contribution in [0.1, 0.15) is 15.2 Å². The Labute approximate surface area is 87.5 Å². The molecule has 0 aliphatic rings. The lowest BCUT2D eigenvalue weighted by Crippen LogP contribution is -2.20. The van der Waals surface area contributed by atoms with Crippen molar-refractivity contribution in [2.75, 3.05) is 5.32 Å². The van der Waals surface area contributed by atoms with Crippen LogP contribution in [0.2, 0.25) is 0 Å². The van der Waals surface area contributed by atoms with Crippen molar-refractivity contribution in [3.05, 3.63) is 16.5 Å². The van der Waals surface area contributed by atoms with Crippen LogP contribution >= 0.6 is 11.3 Å². The number of hydrogen-bond acceptors (Lipinski definition) is 3. The van der Waals surface area contributed by atoms with E-state index < -0.39 is 18.3 Å². The summed E-state index contributed by atoms with van der Waals surface area (Å²) in [7, 11) is 0. The first-order chi connectivity index (χ1) is 6.91. The second kappa shape index (κ2) is 4.35. The number of alkyl halides is 2. The number of carboxylic acids is 1. The van der Waals surface area contributed by atoms with E-state index >= 15 is 0 Å². The highest BCUT2D eigenvalue weighted by Crippen LogP contribution is 2.27. The third kappa shape index (κ3) is 2.72. The first-order valence-electron chi connectivity index (χ1n) is 3.84. The summed E-state index contributed by atoms with van der Waals surface area (Å²) < 4.78 is 23.8. The van der Waals surface area contributed by atoms with E-state index in [0.29, 0.717) is 4.88 Å². The van der Waals surface area contributed by atoms with E-state index in [1.54, 1.807) is 6.92 Å². The average molecular weight is 235 g/mol. The minimum absolute atomic E-state index is 0.0645. The van der Waals surface area contributed by atoms with E-state index in [2.05, 4.69) is 0 Å². The molecule has 0 saturated carbocycles. The van der Waals surface area contributed by atoms with Crippen molar-refractivity contribution in [2.24, 2.45) is 0 Å². The third-order valence-electron chi connectivity index (χ3n) is 1.52. The lowest BCUT2D eigenvalue weighted by atomic mass is 10.3. The van der Waals surface area contributed by atoms with Crippen LogP contribution in [0.5, 0.6) is 0 Å².